The van der Waals surface area contributed by atoms with Crippen molar-refractivity contribution in [3.63, 3.8) is 0 Å². The Bertz CT molecular complexity index is 462. The van der Waals surface area contributed by atoms with Crippen LogP contribution in [0.5, 0.6) is 0 Å². The van der Waals surface area contributed by atoms with E-state index in [1.807, 2.05) is 6.08 Å². The number of carbonyl (C=O) groups is 1. The third-order valence-electron chi connectivity index (χ3n) is 3.20. The number of hydrogen-bond donors (Lipinski definition) is 4. The van der Waals surface area contributed by atoms with Gasteiger partial charge in [-0.2, -0.15) is 0 Å². The SMILES string of the molecule is NC1=NCC(NC=O)(N[C@@H]2CC=C(CO)C2)C(Cl)=N1. The molecule has 1 unspecified atom stereocenters. The molecule has 0 saturated carbocycles. The lowest BCUT2D eigenvalue weighted by Gasteiger charge is -2.36. The molecular formula is C11H16ClN5O2. The van der Waals surface area contributed by atoms with E-state index in [1.54, 1.807) is 0 Å². The summed E-state index contributed by atoms with van der Waals surface area (Å²) < 4.78 is 0. The molecule has 7 nitrogen and oxygen atoms in total. The maximum Gasteiger partial charge on any atom is 0.216 e. The van der Waals surface area contributed by atoms with Gasteiger partial charge in [-0.3, -0.25) is 10.1 Å². The maximum atomic E-state index is 10.8. The number of aliphatic hydroxyl groups excluding tert-OH is 1. The Morgan fingerprint density at radius 3 is 3.05 bits per heavy atom. The van der Waals surface area contributed by atoms with E-state index in [2.05, 4.69) is 20.6 Å². The van der Waals surface area contributed by atoms with Gasteiger partial charge in [-0.25, -0.2) is 9.98 Å². The minimum Gasteiger partial charge on any atom is -0.392 e. The van der Waals surface area contributed by atoms with Gasteiger partial charge in [0.15, 0.2) is 10.8 Å². The fraction of sp³-hybridized carbons (Fsp3) is 0.545. The van der Waals surface area contributed by atoms with Crippen molar-refractivity contribution in [3.8, 4) is 0 Å². The van der Waals surface area contributed by atoms with Crippen molar-refractivity contribution < 1.29 is 9.90 Å². The van der Waals surface area contributed by atoms with Crippen LogP contribution in [0, 0.1) is 0 Å². The summed E-state index contributed by atoms with van der Waals surface area (Å²) in [6, 6.07) is 0.0630. The van der Waals surface area contributed by atoms with Crippen LogP contribution >= 0.6 is 11.6 Å². The molecule has 0 aromatic heterocycles. The lowest BCUT2D eigenvalue weighted by molar-refractivity contribution is -0.110. The van der Waals surface area contributed by atoms with Gasteiger partial charge in [0.25, 0.3) is 0 Å². The van der Waals surface area contributed by atoms with Crippen molar-refractivity contribution in [2.45, 2.75) is 24.5 Å². The zero-order valence-corrected chi connectivity index (χ0v) is 11.0. The largest absolute Gasteiger partial charge is 0.392 e. The second-order valence-corrected chi connectivity index (χ2v) is 4.90. The highest BCUT2D eigenvalue weighted by atomic mass is 35.5. The highest BCUT2D eigenvalue weighted by molar-refractivity contribution is 6.68. The summed E-state index contributed by atoms with van der Waals surface area (Å²) in [5.74, 6) is 0.0933. The highest BCUT2D eigenvalue weighted by Gasteiger charge is 2.39. The standard InChI is InChI=1S/C11H16ClN5O2/c12-9-11(15-6-19,5-14-10(13)16-9)17-8-2-1-7(3-8)4-18/h1,6,8,17-18H,2-5H2,(H2,13,14)(H,15,19)/t8-,11?/m1/s1. The molecule has 2 atom stereocenters. The van der Waals surface area contributed by atoms with Crippen LogP contribution in [-0.4, -0.2) is 47.5 Å². The molecule has 19 heavy (non-hydrogen) atoms. The Morgan fingerprint density at radius 1 is 1.68 bits per heavy atom. The van der Waals surface area contributed by atoms with Gasteiger partial charge in [0, 0.05) is 6.04 Å². The van der Waals surface area contributed by atoms with Crippen LogP contribution in [0.1, 0.15) is 12.8 Å². The number of rotatable bonds is 5. The summed E-state index contributed by atoms with van der Waals surface area (Å²) in [5.41, 5.74) is 5.43. The summed E-state index contributed by atoms with van der Waals surface area (Å²) in [4.78, 5) is 18.7. The molecule has 8 heteroatoms. The van der Waals surface area contributed by atoms with Gasteiger partial charge < -0.3 is 16.2 Å². The predicted octanol–water partition coefficient (Wildman–Crippen LogP) is -0.935. The monoisotopic (exact) mass is 285 g/mol. The number of halogens is 1. The minimum absolute atomic E-state index is 0.0409. The predicted molar refractivity (Wildman–Crippen MR) is 73.0 cm³/mol. The van der Waals surface area contributed by atoms with Crippen molar-refractivity contribution >= 4 is 29.1 Å². The normalized spacial score (nSPS) is 30.4. The Morgan fingerprint density at radius 2 is 2.47 bits per heavy atom. The number of guanidine groups is 1. The number of aliphatic hydroxyl groups is 1. The van der Waals surface area contributed by atoms with Crippen LogP contribution in [0.4, 0.5) is 0 Å². The van der Waals surface area contributed by atoms with Crippen molar-refractivity contribution in [1.29, 1.82) is 0 Å². The third kappa shape index (κ3) is 2.94. The fourth-order valence-electron chi connectivity index (χ4n) is 2.23. The van der Waals surface area contributed by atoms with Gasteiger partial charge in [0.2, 0.25) is 12.4 Å². The number of hydrogen-bond acceptors (Lipinski definition) is 6. The molecule has 2 rings (SSSR count). The van der Waals surface area contributed by atoms with E-state index in [9.17, 15) is 4.79 Å². The Kier molecular flexibility index (Phi) is 4.18. The van der Waals surface area contributed by atoms with Crippen molar-refractivity contribution in [1.82, 2.24) is 10.6 Å². The number of aliphatic imine (C=N–C) groups is 2. The average Bonchev–Trinajstić information content (AvgIpc) is 2.82. The molecule has 0 aromatic carbocycles. The molecule has 0 bridgehead atoms. The van der Waals surface area contributed by atoms with Crippen LogP contribution in [0.3, 0.4) is 0 Å². The van der Waals surface area contributed by atoms with Gasteiger partial charge in [-0.15, -0.1) is 0 Å². The minimum atomic E-state index is -1.02. The first-order valence-electron chi connectivity index (χ1n) is 5.92. The maximum absolute atomic E-state index is 10.8. The second kappa shape index (κ2) is 5.68. The number of nitrogens with two attached hydrogens (primary N) is 1. The molecule has 1 heterocycles. The van der Waals surface area contributed by atoms with Gasteiger partial charge in [-0.1, -0.05) is 17.7 Å². The molecule has 5 N–H and O–H groups in total. The summed E-state index contributed by atoms with van der Waals surface area (Å²) in [6.07, 6.45) is 3.97. The van der Waals surface area contributed by atoms with Crippen molar-refractivity contribution in [3.05, 3.63) is 11.6 Å². The molecular weight excluding hydrogens is 270 g/mol. The summed E-state index contributed by atoms with van der Waals surface area (Å²) >= 11 is 6.10. The fourth-order valence-corrected chi connectivity index (χ4v) is 2.48. The summed E-state index contributed by atoms with van der Waals surface area (Å²) in [6.45, 7) is 0.226. The first kappa shape index (κ1) is 14.0. The van der Waals surface area contributed by atoms with Crippen LogP contribution in [0.15, 0.2) is 21.6 Å². The Hall–Kier alpha value is -1.44. The molecule has 0 saturated heterocycles. The topological polar surface area (TPSA) is 112 Å². The van der Waals surface area contributed by atoms with E-state index >= 15 is 0 Å². The van der Waals surface area contributed by atoms with Crippen LogP contribution in [0.25, 0.3) is 0 Å². The lowest BCUT2D eigenvalue weighted by Crippen LogP contribution is -2.66. The van der Waals surface area contributed by atoms with E-state index in [-0.39, 0.29) is 30.3 Å². The number of amides is 1. The lowest BCUT2D eigenvalue weighted by atomic mass is 10.1. The number of nitrogens with zero attached hydrogens (tertiary/aromatic N) is 2. The molecule has 0 radical (unpaired) electrons. The Balaban J connectivity index is 2.10. The molecule has 0 spiro atoms. The third-order valence-corrected chi connectivity index (χ3v) is 3.61. The molecule has 0 aromatic rings. The summed E-state index contributed by atoms with van der Waals surface area (Å²) in [7, 11) is 0. The van der Waals surface area contributed by atoms with Gasteiger partial charge >= 0.3 is 0 Å². The molecule has 1 aliphatic carbocycles. The Labute approximate surface area is 115 Å². The molecule has 104 valence electrons. The van der Waals surface area contributed by atoms with E-state index in [0.29, 0.717) is 12.8 Å². The van der Waals surface area contributed by atoms with E-state index in [0.717, 1.165) is 12.0 Å². The molecule has 0 fully saturated rings. The van der Waals surface area contributed by atoms with E-state index in [4.69, 9.17) is 22.4 Å². The number of carbonyl (C=O) groups excluding carboxylic acids is 1. The first-order valence-corrected chi connectivity index (χ1v) is 6.30. The van der Waals surface area contributed by atoms with Crippen molar-refractivity contribution in [2.24, 2.45) is 15.7 Å². The smallest absolute Gasteiger partial charge is 0.216 e. The molecule has 2 aliphatic rings. The van der Waals surface area contributed by atoms with Crippen LogP contribution in [-0.2, 0) is 4.79 Å². The zero-order valence-electron chi connectivity index (χ0n) is 10.3. The average molecular weight is 286 g/mol. The van der Waals surface area contributed by atoms with E-state index in [1.165, 1.54) is 0 Å². The van der Waals surface area contributed by atoms with Crippen LogP contribution < -0.4 is 16.4 Å². The summed E-state index contributed by atoms with van der Waals surface area (Å²) in [5, 5.41) is 15.1. The zero-order chi connectivity index (χ0) is 13.9. The molecule has 1 aliphatic heterocycles. The van der Waals surface area contributed by atoms with Gasteiger partial charge in [0.1, 0.15) is 0 Å². The van der Waals surface area contributed by atoms with Gasteiger partial charge in [-0.05, 0) is 18.4 Å². The van der Waals surface area contributed by atoms with E-state index < -0.39 is 5.66 Å². The van der Waals surface area contributed by atoms with Crippen molar-refractivity contribution in [2.75, 3.05) is 13.2 Å². The van der Waals surface area contributed by atoms with Gasteiger partial charge in [0.05, 0.1) is 13.2 Å². The van der Waals surface area contributed by atoms with Crippen LogP contribution in [0.2, 0.25) is 0 Å². The first-order chi connectivity index (χ1) is 9.09. The molecule has 1 amide bonds. The highest BCUT2D eigenvalue weighted by Crippen LogP contribution is 2.22. The quantitative estimate of drug-likeness (QED) is 0.297. The number of nitrogens with one attached hydrogen (secondary N) is 2. The second-order valence-electron chi connectivity index (χ2n) is 4.55.